The molecule has 1 aromatic heterocycles. The first-order chi connectivity index (χ1) is 11.6. The third-order valence-electron chi connectivity index (χ3n) is 3.57. The molecule has 0 fully saturated rings. The maximum Gasteiger partial charge on any atom is 0.246 e. The molecule has 24 heavy (non-hydrogen) atoms. The zero-order valence-electron chi connectivity index (χ0n) is 13.1. The number of carbonyl (C=O) groups is 1. The Bertz CT molecular complexity index is 843. The average Bonchev–Trinajstić information content (AvgIpc) is 3.04. The van der Waals surface area contributed by atoms with Gasteiger partial charge in [-0.3, -0.25) is 4.79 Å². The second-order valence-electron chi connectivity index (χ2n) is 5.41. The fourth-order valence-electron chi connectivity index (χ4n) is 2.28. The van der Waals surface area contributed by atoms with Crippen LogP contribution in [-0.2, 0) is 17.8 Å². The Kier molecular flexibility index (Phi) is 4.91. The molecule has 122 valence electrons. The minimum atomic E-state index is -0.118. The van der Waals surface area contributed by atoms with E-state index in [2.05, 4.69) is 15.5 Å². The Hall–Kier alpha value is -2.66. The van der Waals surface area contributed by atoms with Crippen molar-refractivity contribution >= 4 is 17.5 Å². The lowest BCUT2D eigenvalue weighted by Crippen LogP contribution is -2.24. The summed E-state index contributed by atoms with van der Waals surface area (Å²) < 4.78 is 5.20. The van der Waals surface area contributed by atoms with Crippen LogP contribution in [0, 0.1) is 6.92 Å². The van der Waals surface area contributed by atoms with E-state index < -0.39 is 0 Å². The fourth-order valence-corrected chi connectivity index (χ4v) is 2.41. The number of aromatic nitrogens is 2. The van der Waals surface area contributed by atoms with Crippen LogP contribution in [0.15, 0.2) is 53.1 Å². The number of rotatable bonds is 5. The van der Waals surface area contributed by atoms with Crippen molar-refractivity contribution in [2.75, 3.05) is 0 Å². The summed E-state index contributed by atoms with van der Waals surface area (Å²) in [5, 5.41) is 7.39. The van der Waals surface area contributed by atoms with Gasteiger partial charge in [0.1, 0.15) is 0 Å². The largest absolute Gasteiger partial charge is 0.347 e. The van der Waals surface area contributed by atoms with Crippen molar-refractivity contribution in [1.29, 1.82) is 0 Å². The molecule has 0 saturated carbocycles. The molecule has 1 heterocycles. The standard InChI is InChI=1S/C18H16ClN3O2/c1-12-4-2-3-5-15(12)18-21-17(24-22-18)11-20-16(23)10-13-6-8-14(19)9-7-13/h2-9H,10-11H2,1H3,(H,20,23). The predicted molar refractivity (Wildman–Crippen MR) is 91.5 cm³/mol. The molecular formula is C18H16ClN3O2. The molecule has 3 rings (SSSR count). The summed E-state index contributed by atoms with van der Waals surface area (Å²) in [6.07, 6.45) is 0.274. The Morgan fingerprint density at radius 1 is 1.17 bits per heavy atom. The lowest BCUT2D eigenvalue weighted by Gasteiger charge is -2.02. The van der Waals surface area contributed by atoms with Gasteiger partial charge in [0.05, 0.1) is 13.0 Å². The van der Waals surface area contributed by atoms with Crippen LogP contribution in [0.4, 0.5) is 0 Å². The second kappa shape index (κ2) is 7.27. The first-order valence-corrected chi connectivity index (χ1v) is 7.89. The van der Waals surface area contributed by atoms with Crippen molar-refractivity contribution in [3.8, 4) is 11.4 Å². The Morgan fingerprint density at radius 2 is 1.92 bits per heavy atom. The molecule has 2 aromatic carbocycles. The smallest absolute Gasteiger partial charge is 0.246 e. The third kappa shape index (κ3) is 4.00. The number of halogens is 1. The van der Waals surface area contributed by atoms with Gasteiger partial charge in [0.25, 0.3) is 0 Å². The molecule has 1 amide bonds. The number of aryl methyl sites for hydroxylation is 1. The van der Waals surface area contributed by atoms with Crippen molar-refractivity contribution < 1.29 is 9.32 Å². The molecule has 0 bridgehead atoms. The molecule has 0 atom stereocenters. The summed E-state index contributed by atoms with van der Waals surface area (Å²) in [6.45, 7) is 2.19. The van der Waals surface area contributed by atoms with E-state index in [1.807, 2.05) is 43.3 Å². The Balaban J connectivity index is 1.58. The van der Waals surface area contributed by atoms with Crippen molar-refractivity contribution in [1.82, 2.24) is 15.5 Å². The van der Waals surface area contributed by atoms with E-state index in [1.165, 1.54) is 0 Å². The molecule has 5 nitrogen and oxygen atoms in total. The molecule has 1 N–H and O–H groups in total. The van der Waals surface area contributed by atoms with E-state index >= 15 is 0 Å². The number of benzene rings is 2. The third-order valence-corrected chi connectivity index (χ3v) is 3.82. The zero-order valence-corrected chi connectivity index (χ0v) is 13.9. The highest BCUT2D eigenvalue weighted by molar-refractivity contribution is 6.30. The second-order valence-corrected chi connectivity index (χ2v) is 5.84. The van der Waals surface area contributed by atoms with Gasteiger partial charge in [-0.25, -0.2) is 0 Å². The van der Waals surface area contributed by atoms with Crippen molar-refractivity contribution in [2.24, 2.45) is 0 Å². The molecule has 0 unspecified atom stereocenters. The van der Waals surface area contributed by atoms with Gasteiger partial charge in [0, 0.05) is 10.6 Å². The molecule has 0 aliphatic rings. The van der Waals surface area contributed by atoms with Crippen LogP contribution in [0.2, 0.25) is 5.02 Å². The SMILES string of the molecule is Cc1ccccc1-c1noc(CNC(=O)Cc2ccc(Cl)cc2)n1. The number of nitrogens with one attached hydrogen (secondary N) is 1. The fraction of sp³-hybridized carbons (Fsp3) is 0.167. The predicted octanol–water partition coefficient (Wildman–Crippen LogP) is 3.56. The Labute approximate surface area is 144 Å². The van der Waals surface area contributed by atoms with Crippen LogP contribution in [0.25, 0.3) is 11.4 Å². The number of nitrogens with zero attached hydrogens (tertiary/aromatic N) is 2. The van der Waals surface area contributed by atoms with Gasteiger partial charge in [0.15, 0.2) is 0 Å². The van der Waals surface area contributed by atoms with Crippen LogP contribution in [0.3, 0.4) is 0 Å². The summed E-state index contributed by atoms with van der Waals surface area (Å²) >= 11 is 5.83. The number of amides is 1. The van der Waals surface area contributed by atoms with Gasteiger partial charge >= 0.3 is 0 Å². The summed E-state index contributed by atoms with van der Waals surface area (Å²) in [6, 6.07) is 15.0. The van der Waals surface area contributed by atoms with E-state index in [-0.39, 0.29) is 18.9 Å². The van der Waals surface area contributed by atoms with Crippen molar-refractivity contribution in [3.63, 3.8) is 0 Å². The van der Waals surface area contributed by atoms with Crippen LogP contribution >= 0.6 is 11.6 Å². The highest BCUT2D eigenvalue weighted by Crippen LogP contribution is 2.19. The van der Waals surface area contributed by atoms with E-state index in [9.17, 15) is 4.79 Å². The quantitative estimate of drug-likeness (QED) is 0.770. The molecule has 0 aliphatic carbocycles. The summed E-state index contributed by atoms with van der Waals surface area (Å²) in [7, 11) is 0. The lowest BCUT2D eigenvalue weighted by atomic mass is 10.1. The van der Waals surface area contributed by atoms with Gasteiger partial charge < -0.3 is 9.84 Å². The van der Waals surface area contributed by atoms with Crippen LogP contribution in [-0.4, -0.2) is 16.0 Å². The number of hydrogen-bond acceptors (Lipinski definition) is 4. The van der Waals surface area contributed by atoms with E-state index in [0.717, 1.165) is 16.7 Å². The van der Waals surface area contributed by atoms with Gasteiger partial charge in [-0.2, -0.15) is 4.98 Å². The van der Waals surface area contributed by atoms with E-state index in [4.69, 9.17) is 16.1 Å². The van der Waals surface area contributed by atoms with Gasteiger partial charge in [0.2, 0.25) is 17.6 Å². The maximum atomic E-state index is 12.0. The number of hydrogen-bond donors (Lipinski definition) is 1. The maximum absolute atomic E-state index is 12.0. The summed E-state index contributed by atoms with van der Waals surface area (Å²) in [4.78, 5) is 16.3. The molecule has 3 aromatic rings. The minimum absolute atomic E-state index is 0.118. The molecule has 0 aliphatic heterocycles. The van der Waals surface area contributed by atoms with Crippen LogP contribution in [0.1, 0.15) is 17.0 Å². The number of carbonyl (C=O) groups excluding carboxylic acids is 1. The Morgan fingerprint density at radius 3 is 2.67 bits per heavy atom. The molecule has 0 saturated heterocycles. The monoisotopic (exact) mass is 341 g/mol. The lowest BCUT2D eigenvalue weighted by molar-refractivity contribution is -0.120. The molecule has 6 heteroatoms. The molecular weight excluding hydrogens is 326 g/mol. The summed E-state index contributed by atoms with van der Waals surface area (Å²) in [5.74, 6) is 0.778. The van der Waals surface area contributed by atoms with Crippen LogP contribution in [0.5, 0.6) is 0 Å². The molecule has 0 radical (unpaired) electrons. The van der Waals surface area contributed by atoms with Crippen LogP contribution < -0.4 is 5.32 Å². The minimum Gasteiger partial charge on any atom is -0.347 e. The van der Waals surface area contributed by atoms with Gasteiger partial charge in [-0.05, 0) is 30.2 Å². The zero-order chi connectivity index (χ0) is 16.9. The highest BCUT2D eigenvalue weighted by atomic mass is 35.5. The molecule has 0 spiro atoms. The highest BCUT2D eigenvalue weighted by Gasteiger charge is 2.11. The van der Waals surface area contributed by atoms with Gasteiger partial charge in [-0.1, -0.05) is 53.2 Å². The normalized spacial score (nSPS) is 10.6. The average molecular weight is 342 g/mol. The van der Waals surface area contributed by atoms with E-state index in [1.54, 1.807) is 12.1 Å². The summed E-state index contributed by atoms with van der Waals surface area (Å²) in [5.41, 5.74) is 2.87. The van der Waals surface area contributed by atoms with Gasteiger partial charge in [-0.15, -0.1) is 0 Å². The van der Waals surface area contributed by atoms with Crippen molar-refractivity contribution in [2.45, 2.75) is 19.9 Å². The first-order valence-electron chi connectivity index (χ1n) is 7.51. The first kappa shape index (κ1) is 16.2. The van der Waals surface area contributed by atoms with Crippen molar-refractivity contribution in [3.05, 3.63) is 70.6 Å². The topological polar surface area (TPSA) is 68.0 Å². The van der Waals surface area contributed by atoms with E-state index in [0.29, 0.717) is 16.7 Å².